The van der Waals surface area contributed by atoms with Crippen molar-refractivity contribution in [3.8, 4) is 11.6 Å². The lowest BCUT2D eigenvalue weighted by atomic mass is 10.1. The third kappa shape index (κ3) is 4.07. The molecule has 1 atom stereocenters. The summed E-state index contributed by atoms with van der Waals surface area (Å²) in [5.41, 5.74) is -2.52. The van der Waals surface area contributed by atoms with E-state index in [0.29, 0.717) is 0 Å². The molecule has 30 heavy (non-hydrogen) atoms. The van der Waals surface area contributed by atoms with Gasteiger partial charge in [0.05, 0.1) is 11.8 Å². The number of carbonyl (C=O) groups excluding carboxylic acids is 1. The third-order valence-corrected chi connectivity index (χ3v) is 4.23. The van der Waals surface area contributed by atoms with E-state index in [-0.39, 0.29) is 30.4 Å². The summed E-state index contributed by atoms with van der Waals surface area (Å²) in [5.74, 6) is -0.815. The molecule has 0 saturated heterocycles. The lowest BCUT2D eigenvalue weighted by Crippen LogP contribution is -2.39. The van der Waals surface area contributed by atoms with Crippen molar-refractivity contribution < 1.29 is 32.3 Å². The highest BCUT2D eigenvalue weighted by atomic mass is 19.4. The summed E-state index contributed by atoms with van der Waals surface area (Å²) in [4.78, 5) is 41.2. The standard InChI is InChI=1S/C18H16F3N3O6/c1-23-15(26)13-14(25)12(30-16(13)24(2)17(23)27)9-22-29-7-6-28-11-5-3-4-10(8-11)18(19,20)21/h3-5,8-9,12H,6-7H2,1-2H3/b22-9-/t12-/m1/s1. The van der Waals surface area contributed by atoms with Crippen LogP contribution in [0.2, 0.25) is 0 Å². The molecular weight excluding hydrogens is 411 g/mol. The number of benzene rings is 1. The van der Waals surface area contributed by atoms with Gasteiger partial charge in [0, 0.05) is 14.1 Å². The number of alkyl halides is 3. The predicted octanol–water partition coefficient (Wildman–Crippen LogP) is 1.13. The number of oxime groups is 1. The van der Waals surface area contributed by atoms with Crippen molar-refractivity contribution in [3.05, 3.63) is 56.2 Å². The van der Waals surface area contributed by atoms with Gasteiger partial charge in [-0.3, -0.25) is 18.7 Å². The summed E-state index contributed by atoms with van der Waals surface area (Å²) >= 11 is 0. The first-order chi connectivity index (χ1) is 14.1. The zero-order valence-electron chi connectivity index (χ0n) is 15.8. The topological polar surface area (TPSA) is 101 Å². The van der Waals surface area contributed by atoms with E-state index in [0.717, 1.165) is 27.5 Å². The second kappa shape index (κ2) is 8.05. The number of halogens is 3. The van der Waals surface area contributed by atoms with Crippen LogP contribution in [-0.2, 0) is 25.1 Å². The van der Waals surface area contributed by atoms with Crippen molar-refractivity contribution in [2.75, 3.05) is 13.2 Å². The number of nitrogens with zero attached hydrogens (tertiary/aromatic N) is 3. The Morgan fingerprint density at radius 2 is 1.90 bits per heavy atom. The van der Waals surface area contributed by atoms with Gasteiger partial charge in [-0.05, 0) is 18.2 Å². The Bertz CT molecular complexity index is 1120. The van der Waals surface area contributed by atoms with Gasteiger partial charge in [-0.25, -0.2) is 4.79 Å². The third-order valence-electron chi connectivity index (χ3n) is 4.23. The van der Waals surface area contributed by atoms with Crippen LogP contribution in [0.1, 0.15) is 15.9 Å². The zero-order chi connectivity index (χ0) is 22.1. The molecule has 1 aliphatic heterocycles. The highest BCUT2D eigenvalue weighted by Gasteiger charge is 2.37. The molecular formula is C18H16F3N3O6. The molecule has 160 valence electrons. The second-order valence-electron chi connectivity index (χ2n) is 6.25. The fraction of sp³-hybridized carbons (Fsp3) is 0.333. The molecule has 0 unspecified atom stereocenters. The number of fused-ring (bicyclic) bond motifs is 1. The van der Waals surface area contributed by atoms with Gasteiger partial charge in [0.15, 0.2) is 6.61 Å². The van der Waals surface area contributed by atoms with Crippen LogP contribution in [0.5, 0.6) is 11.6 Å². The van der Waals surface area contributed by atoms with Crippen LogP contribution in [0, 0.1) is 0 Å². The van der Waals surface area contributed by atoms with E-state index in [1.807, 2.05) is 0 Å². The first-order valence-electron chi connectivity index (χ1n) is 8.57. The predicted molar refractivity (Wildman–Crippen MR) is 97.1 cm³/mol. The van der Waals surface area contributed by atoms with Gasteiger partial charge >= 0.3 is 11.9 Å². The average Bonchev–Trinajstić information content (AvgIpc) is 3.03. The molecule has 1 aliphatic rings. The summed E-state index contributed by atoms with van der Waals surface area (Å²) in [6, 6.07) is 4.37. The zero-order valence-corrected chi connectivity index (χ0v) is 15.8. The molecule has 12 heteroatoms. The summed E-state index contributed by atoms with van der Waals surface area (Å²) < 4.78 is 50.3. The van der Waals surface area contributed by atoms with E-state index < -0.39 is 34.9 Å². The largest absolute Gasteiger partial charge is 0.490 e. The SMILES string of the molecule is Cn1c2c(c(=O)n(C)c1=O)C(=O)[C@@H](/C=N\OCCOc1cccc(C(F)(F)F)c1)O2. The number of ketones is 1. The monoisotopic (exact) mass is 427 g/mol. The molecule has 0 saturated carbocycles. The lowest BCUT2D eigenvalue weighted by Gasteiger charge is -2.09. The van der Waals surface area contributed by atoms with Crippen LogP contribution in [0.3, 0.4) is 0 Å². The Labute approximate surface area is 166 Å². The molecule has 0 aliphatic carbocycles. The van der Waals surface area contributed by atoms with Crippen LogP contribution < -0.4 is 20.7 Å². The molecule has 0 N–H and O–H groups in total. The molecule has 0 spiro atoms. The van der Waals surface area contributed by atoms with Crippen molar-refractivity contribution >= 4 is 12.0 Å². The van der Waals surface area contributed by atoms with Gasteiger partial charge in [0.1, 0.15) is 17.9 Å². The maximum Gasteiger partial charge on any atom is 0.416 e. The Hall–Kier alpha value is -3.57. The molecule has 1 aromatic heterocycles. The molecule has 0 bridgehead atoms. The minimum Gasteiger partial charge on any atom is -0.490 e. The fourth-order valence-corrected chi connectivity index (χ4v) is 2.70. The van der Waals surface area contributed by atoms with Crippen LogP contribution in [0.25, 0.3) is 0 Å². The molecule has 3 rings (SSSR count). The van der Waals surface area contributed by atoms with Crippen molar-refractivity contribution in [1.82, 2.24) is 9.13 Å². The number of hydrogen-bond acceptors (Lipinski definition) is 7. The van der Waals surface area contributed by atoms with Gasteiger partial charge in [-0.15, -0.1) is 0 Å². The molecule has 2 aromatic rings. The molecule has 0 radical (unpaired) electrons. The first-order valence-corrected chi connectivity index (χ1v) is 8.57. The quantitative estimate of drug-likeness (QED) is 0.389. The second-order valence-corrected chi connectivity index (χ2v) is 6.25. The van der Waals surface area contributed by atoms with E-state index >= 15 is 0 Å². The van der Waals surface area contributed by atoms with Gasteiger partial charge in [-0.2, -0.15) is 13.2 Å². The van der Waals surface area contributed by atoms with Gasteiger partial charge in [0.25, 0.3) is 5.56 Å². The Kier molecular flexibility index (Phi) is 5.67. The van der Waals surface area contributed by atoms with E-state index in [4.69, 9.17) is 14.3 Å². The number of rotatable bonds is 6. The number of carbonyl (C=O) groups is 1. The molecule has 0 amide bonds. The summed E-state index contributed by atoms with van der Waals surface area (Å²) in [5, 5.41) is 3.55. The van der Waals surface area contributed by atoms with E-state index in [9.17, 15) is 27.6 Å². The molecule has 9 nitrogen and oxygen atoms in total. The summed E-state index contributed by atoms with van der Waals surface area (Å²) in [6.45, 7) is -0.228. The molecule has 0 fully saturated rings. The lowest BCUT2D eigenvalue weighted by molar-refractivity contribution is -0.137. The minimum atomic E-state index is -4.48. The van der Waals surface area contributed by atoms with Crippen LogP contribution in [-0.4, -0.2) is 40.4 Å². The maximum absolute atomic E-state index is 12.7. The Balaban J connectivity index is 1.54. The van der Waals surface area contributed by atoms with Crippen molar-refractivity contribution in [2.24, 2.45) is 19.3 Å². The van der Waals surface area contributed by atoms with E-state index in [1.54, 1.807) is 0 Å². The first kappa shape index (κ1) is 21.1. The number of aromatic nitrogens is 2. The maximum atomic E-state index is 12.7. The van der Waals surface area contributed by atoms with Gasteiger partial charge in [0.2, 0.25) is 17.8 Å². The minimum absolute atomic E-state index is 0.0129. The number of hydrogen-bond donors (Lipinski definition) is 0. The fourth-order valence-electron chi connectivity index (χ4n) is 2.70. The van der Waals surface area contributed by atoms with Gasteiger partial charge < -0.3 is 14.3 Å². The van der Waals surface area contributed by atoms with E-state index in [1.165, 1.54) is 26.2 Å². The van der Waals surface area contributed by atoms with E-state index in [2.05, 4.69) is 5.16 Å². The van der Waals surface area contributed by atoms with Crippen LogP contribution >= 0.6 is 0 Å². The van der Waals surface area contributed by atoms with Crippen LogP contribution in [0.4, 0.5) is 13.2 Å². The highest BCUT2D eigenvalue weighted by Crippen LogP contribution is 2.31. The summed E-state index contributed by atoms with van der Waals surface area (Å²) in [7, 11) is 2.60. The number of ether oxygens (including phenoxy) is 2. The highest BCUT2D eigenvalue weighted by molar-refractivity contribution is 6.12. The van der Waals surface area contributed by atoms with Crippen molar-refractivity contribution in [1.29, 1.82) is 0 Å². The normalized spacial score (nSPS) is 15.9. The van der Waals surface area contributed by atoms with Gasteiger partial charge in [-0.1, -0.05) is 11.2 Å². The van der Waals surface area contributed by atoms with Crippen LogP contribution in [0.15, 0.2) is 39.0 Å². The van der Waals surface area contributed by atoms with Crippen molar-refractivity contribution in [2.45, 2.75) is 12.3 Å². The number of Topliss-reactive ketones (excluding diaryl/α,β-unsaturated/α-hetero) is 1. The Morgan fingerprint density at radius 3 is 2.60 bits per heavy atom. The molecule has 1 aromatic carbocycles. The smallest absolute Gasteiger partial charge is 0.416 e. The average molecular weight is 427 g/mol. The van der Waals surface area contributed by atoms with Crippen molar-refractivity contribution in [3.63, 3.8) is 0 Å². The Morgan fingerprint density at radius 1 is 1.17 bits per heavy atom. The molecule has 2 heterocycles. The summed E-state index contributed by atoms with van der Waals surface area (Å²) in [6.07, 6.45) is -4.71.